The number of carbonyl (C=O) groups excluding carboxylic acids is 1. The van der Waals surface area contributed by atoms with Gasteiger partial charge in [0.2, 0.25) is 5.91 Å². The van der Waals surface area contributed by atoms with Gasteiger partial charge in [0.05, 0.1) is 12.0 Å². The highest BCUT2D eigenvalue weighted by Gasteiger charge is 2.34. The molecule has 2 atom stereocenters. The molecular formula is C19H19F3N2O. The first-order valence-electron chi connectivity index (χ1n) is 8.09. The minimum absolute atomic E-state index is 0.0758. The molecule has 0 spiro atoms. The van der Waals surface area contributed by atoms with Crippen LogP contribution in [0.2, 0.25) is 0 Å². The average Bonchev–Trinajstić information content (AvgIpc) is 2.97. The number of hydrogen-bond acceptors (Lipinski definition) is 2. The Hall–Kier alpha value is -2.34. The van der Waals surface area contributed by atoms with Crippen LogP contribution in [0.25, 0.3) is 0 Å². The van der Waals surface area contributed by atoms with Crippen molar-refractivity contribution in [1.82, 2.24) is 4.90 Å². The molecule has 1 aliphatic rings. The van der Waals surface area contributed by atoms with Crippen LogP contribution in [0.4, 0.5) is 13.2 Å². The van der Waals surface area contributed by atoms with E-state index in [1.807, 2.05) is 30.3 Å². The monoisotopic (exact) mass is 348 g/mol. The number of benzene rings is 2. The normalized spacial score (nSPS) is 20.7. The first kappa shape index (κ1) is 17.5. The minimum atomic E-state index is -4.37. The van der Waals surface area contributed by atoms with E-state index >= 15 is 0 Å². The average molecular weight is 348 g/mol. The van der Waals surface area contributed by atoms with Crippen molar-refractivity contribution in [1.29, 1.82) is 0 Å². The van der Waals surface area contributed by atoms with E-state index in [-0.39, 0.29) is 24.3 Å². The summed E-state index contributed by atoms with van der Waals surface area (Å²) in [6.07, 6.45) is -4.29. The summed E-state index contributed by atoms with van der Waals surface area (Å²) >= 11 is 0. The highest BCUT2D eigenvalue weighted by atomic mass is 19.4. The Morgan fingerprint density at radius 2 is 1.68 bits per heavy atom. The van der Waals surface area contributed by atoms with Crippen molar-refractivity contribution in [3.8, 4) is 0 Å². The van der Waals surface area contributed by atoms with Gasteiger partial charge in [-0.1, -0.05) is 42.5 Å². The smallest absolute Gasteiger partial charge is 0.340 e. The summed E-state index contributed by atoms with van der Waals surface area (Å²) in [4.78, 5) is 14.2. The first-order valence-corrected chi connectivity index (χ1v) is 8.09. The molecule has 0 bridgehead atoms. The molecule has 132 valence electrons. The van der Waals surface area contributed by atoms with Crippen LogP contribution >= 0.6 is 0 Å². The number of nitrogens with zero attached hydrogens (tertiary/aromatic N) is 1. The molecule has 6 heteroatoms. The van der Waals surface area contributed by atoms with Crippen LogP contribution < -0.4 is 5.73 Å². The third kappa shape index (κ3) is 4.02. The highest BCUT2D eigenvalue weighted by Crippen LogP contribution is 2.30. The van der Waals surface area contributed by atoms with Gasteiger partial charge in [0, 0.05) is 25.0 Å². The number of rotatable bonds is 3. The second kappa shape index (κ2) is 6.88. The number of halogens is 3. The molecule has 0 saturated carbocycles. The largest absolute Gasteiger partial charge is 0.416 e. The maximum absolute atomic E-state index is 12.6. The molecule has 0 aliphatic carbocycles. The molecule has 1 heterocycles. The van der Waals surface area contributed by atoms with Crippen molar-refractivity contribution >= 4 is 5.91 Å². The van der Waals surface area contributed by atoms with E-state index in [9.17, 15) is 18.0 Å². The maximum Gasteiger partial charge on any atom is 0.416 e. The van der Waals surface area contributed by atoms with Gasteiger partial charge in [-0.3, -0.25) is 4.79 Å². The Kier molecular flexibility index (Phi) is 4.81. The standard InChI is InChI=1S/C19H19F3N2O/c20-19(21,22)15-8-6-13(7-9-15)10-18(25)24-11-16(17(23)12-24)14-4-2-1-3-5-14/h1-9,16-17H,10-12,23H2/t16-,17+/m0/s1. The highest BCUT2D eigenvalue weighted by molar-refractivity contribution is 5.79. The van der Waals surface area contributed by atoms with Crippen molar-refractivity contribution < 1.29 is 18.0 Å². The van der Waals surface area contributed by atoms with Gasteiger partial charge in [-0.2, -0.15) is 13.2 Å². The number of alkyl halides is 3. The van der Waals surface area contributed by atoms with E-state index < -0.39 is 11.7 Å². The van der Waals surface area contributed by atoms with Crippen LogP contribution in [-0.2, 0) is 17.4 Å². The van der Waals surface area contributed by atoms with Gasteiger partial charge in [0.15, 0.2) is 0 Å². The summed E-state index contributed by atoms with van der Waals surface area (Å²) in [6.45, 7) is 0.990. The van der Waals surface area contributed by atoms with E-state index in [2.05, 4.69) is 0 Å². The zero-order valence-electron chi connectivity index (χ0n) is 13.5. The van der Waals surface area contributed by atoms with Crippen LogP contribution in [-0.4, -0.2) is 29.9 Å². The summed E-state index contributed by atoms with van der Waals surface area (Å²) < 4.78 is 37.8. The summed E-state index contributed by atoms with van der Waals surface area (Å²) in [5.74, 6) is -0.0357. The molecule has 0 unspecified atom stereocenters. The van der Waals surface area contributed by atoms with Gasteiger partial charge in [-0.25, -0.2) is 0 Å². The Morgan fingerprint density at radius 1 is 1.04 bits per heavy atom. The summed E-state index contributed by atoms with van der Waals surface area (Å²) in [7, 11) is 0. The Labute approximate surface area is 144 Å². The van der Waals surface area contributed by atoms with E-state index in [0.29, 0.717) is 18.7 Å². The number of likely N-dealkylation sites (tertiary alicyclic amines) is 1. The quantitative estimate of drug-likeness (QED) is 0.926. The molecule has 1 aliphatic heterocycles. The van der Waals surface area contributed by atoms with Crippen molar-refractivity contribution in [3.05, 3.63) is 71.3 Å². The lowest BCUT2D eigenvalue weighted by Crippen LogP contribution is -2.33. The molecule has 2 N–H and O–H groups in total. The molecule has 2 aromatic rings. The molecule has 2 aromatic carbocycles. The fraction of sp³-hybridized carbons (Fsp3) is 0.316. The van der Waals surface area contributed by atoms with Crippen LogP contribution in [0.15, 0.2) is 54.6 Å². The van der Waals surface area contributed by atoms with E-state index in [1.165, 1.54) is 12.1 Å². The first-order chi connectivity index (χ1) is 11.8. The Balaban J connectivity index is 1.64. The molecule has 1 fully saturated rings. The summed E-state index contributed by atoms with van der Waals surface area (Å²) in [6, 6.07) is 14.4. The fourth-order valence-corrected chi connectivity index (χ4v) is 3.18. The Bertz CT molecular complexity index is 729. The van der Waals surface area contributed by atoms with Crippen LogP contribution in [0.3, 0.4) is 0 Å². The van der Waals surface area contributed by atoms with Crippen LogP contribution in [0, 0.1) is 0 Å². The second-order valence-electron chi connectivity index (χ2n) is 6.35. The van der Waals surface area contributed by atoms with Crippen molar-refractivity contribution in [3.63, 3.8) is 0 Å². The molecule has 3 rings (SSSR count). The lowest BCUT2D eigenvalue weighted by atomic mass is 9.95. The predicted octanol–water partition coefficient (Wildman–Crippen LogP) is 3.20. The molecular weight excluding hydrogens is 329 g/mol. The zero-order chi connectivity index (χ0) is 18.0. The zero-order valence-corrected chi connectivity index (χ0v) is 13.5. The Morgan fingerprint density at radius 3 is 2.28 bits per heavy atom. The van der Waals surface area contributed by atoms with E-state index in [1.54, 1.807) is 4.90 Å². The molecule has 1 saturated heterocycles. The fourth-order valence-electron chi connectivity index (χ4n) is 3.18. The van der Waals surface area contributed by atoms with Gasteiger partial charge in [-0.15, -0.1) is 0 Å². The summed E-state index contributed by atoms with van der Waals surface area (Å²) in [5, 5.41) is 0. The van der Waals surface area contributed by atoms with Gasteiger partial charge < -0.3 is 10.6 Å². The third-order valence-electron chi connectivity index (χ3n) is 4.58. The van der Waals surface area contributed by atoms with Gasteiger partial charge in [0.25, 0.3) is 0 Å². The molecule has 3 nitrogen and oxygen atoms in total. The van der Waals surface area contributed by atoms with Gasteiger partial charge >= 0.3 is 6.18 Å². The second-order valence-corrected chi connectivity index (χ2v) is 6.35. The van der Waals surface area contributed by atoms with Crippen molar-refractivity contribution in [2.24, 2.45) is 5.73 Å². The van der Waals surface area contributed by atoms with E-state index in [4.69, 9.17) is 5.73 Å². The molecule has 25 heavy (non-hydrogen) atoms. The number of amides is 1. The van der Waals surface area contributed by atoms with Crippen LogP contribution in [0.5, 0.6) is 0 Å². The van der Waals surface area contributed by atoms with Crippen molar-refractivity contribution in [2.45, 2.75) is 24.6 Å². The number of nitrogens with two attached hydrogens (primary N) is 1. The van der Waals surface area contributed by atoms with Crippen LogP contribution in [0.1, 0.15) is 22.6 Å². The minimum Gasteiger partial charge on any atom is -0.340 e. The van der Waals surface area contributed by atoms with Gasteiger partial charge in [-0.05, 0) is 23.3 Å². The number of carbonyl (C=O) groups is 1. The lowest BCUT2D eigenvalue weighted by Gasteiger charge is -2.17. The lowest BCUT2D eigenvalue weighted by molar-refractivity contribution is -0.137. The topological polar surface area (TPSA) is 46.3 Å². The molecule has 1 amide bonds. The van der Waals surface area contributed by atoms with E-state index in [0.717, 1.165) is 17.7 Å². The van der Waals surface area contributed by atoms with Crippen molar-refractivity contribution in [2.75, 3.05) is 13.1 Å². The summed E-state index contributed by atoms with van der Waals surface area (Å²) in [5.41, 5.74) is 7.13. The molecule has 0 aromatic heterocycles. The number of hydrogen-bond donors (Lipinski definition) is 1. The maximum atomic E-state index is 12.6. The molecule has 0 radical (unpaired) electrons. The predicted molar refractivity (Wildman–Crippen MR) is 88.9 cm³/mol. The SMILES string of the molecule is N[C@@H]1CN(C(=O)Cc2ccc(C(F)(F)F)cc2)C[C@H]1c1ccccc1. The third-order valence-corrected chi connectivity index (χ3v) is 4.58. The van der Waals surface area contributed by atoms with Gasteiger partial charge in [0.1, 0.15) is 0 Å².